The summed E-state index contributed by atoms with van der Waals surface area (Å²) in [4.78, 5) is 11.8. The van der Waals surface area contributed by atoms with Crippen LogP contribution in [0.5, 0.6) is 0 Å². The van der Waals surface area contributed by atoms with Crippen molar-refractivity contribution in [2.45, 2.75) is 18.2 Å². The van der Waals surface area contributed by atoms with E-state index in [-0.39, 0.29) is 18.8 Å². The van der Waals surface area contributed by atoms with E-state index in [2.05, 4.69) is 5.32 Å². The largest absolute Gasteiger partial charge is 0.394 e. The summed E-state index contributed by atoms with van der Waals surface area (Å²) in [6.45, 7) is -0.194. The van der Waals surface area contributed by atoms with E-state index < -0.39 is 30.0 Å². The standard InChI is InChI=1S/C12H14FNO4/c13-8-3-1-2-7(4-8)12(17)14-9-6-18-10(5-15)11(9)16/h1-4,9-11,15-16H,5-6H2,(H,14,17)/t9-,10-,11+/m0/s1. The number of ether oxygens (including phenoxy) is 1. The van der Waals surface area contributed by atoms with Gasteiger partial charge in [-0.1, -0.05) is 6.07 Å². The molecular formula is C12H14FNO4. The lowest BCUT2D eigenvalue weighted by Crippen LogP contribution is -2.45. The molecule has 2 rings (SSSR count). The number of aliphatic hydroxyl groups is 2. The molecule has 1 amide bonds. The Morgan fingerprint density at radius 2 is 2.33 bits per heavy atom. The minimum absolute atomic E-state index is 0.119. The van der Waals surface area contributed by atoms with Crippen molar-refractivity contribution >= 4 is 5.91 Å². The van der Waals surface area contributed by atoms with Crippen molar-refractivity contribution in [2.24, 2.45) is 0 Å². The van der Waals surface area contributed by atoms with Crippen LogP contribution in [0.2, 0.25) is 0 Å². The van der Waals surface area contributed by atoms with E-state index in [9.17, 15) is 14.3 Å². The molecule has 1 saturated heterocycles. The van der Waals surface area contributed by atoms with Gasteiger partial charge in [-0.2, -0.15) is 0 Å². The molecular weight excluding hydrogens is 241 g/mol. The van der Waals surface area contributed by atoms with E-state index in [4.69, 9.17) is 9.84 Å². The van der Waals surface area contributed by atoms with E-state index in [1.165, 1.54) is 18.2 Å². The number of hydrogen-bond acceptors (Lipinski definition) is 4. The molecule has 18 heavy (non-hydrogen) atoms. The summed E-state index contributed by atoms with van der Waals surface area (Å²) in [7, 11) is 0. The number of aliphatic hydroxyl groups excluding tert-OH is 2. The van der Waals surface area contributed by atoms with Gasteiger partial charge < -0.3 is 20.3 Å². The van der Waals surface area contributed by atoms with E-state index in [0.717, 1.165) is 6.07 Å². The van der Waals surface area contributed by atoms with Gasteiger partial charge in [0.1, 0.15) is 18.0 Å². The molecule has 0 spiro atoms. The lowest BCUT2D eigenvalue weighted by molar-refractivity contribution is 0.00278. The molecule has 1 aromatic carbocycles. The fourth-order valence-corrected chi connectivity index (χ4v) is 1.85. The minimum atomic E-state index is -0.965. The van der Waals surface area contributed by atoms with Gasteiger partial charge in [-0.3, -0.25) is 4.79 Å². The summed E-state index contributed by atoms with van der Waals surface area (Å²) in [6.07, 6.45) is -1.66. The normalized spacial score (nSPS) is 27.2. The van der Waals surface area contributed by atoms with Crippen molar-refractivity contribution in [3.8, 4) is 0 Å². The zero-order valence-corrected chi connectivity index (χ0v) is 9.54. The Kier molecular flexibility index (Phi) is 3.90. The fraction of sp³-hybridized carbons (Fsp3) is 0.417. The number of carbonyl (C=O) groups excluding carboxylic acids is 1. The summed E-state index contributed by atoms with van der Waals surface area (Å²) in [5, 5.41) is 21.2. The van der Waals surface area contributed by atoms with Crippen LogP contribution < -0.4 is 5.32 Å². The number of halogens is 1. The molecule has 3 atom stereocenters. The van der Waals surface area contributed by atoms with E-state index >= 15 is 0 Å². The van der Waals surface area contributed by atoms with Crippen LogP contribution in [0.3, 0.4) is 0 Å². The summed E-state index contributed by atoms with van der Waals surface area (Å²) in [6, 6.07) is 4.66. The summed E-state index contributed by atoms with van der Waals surface area (Å²) >= 11 is 0. The van der Waals surface area contributed by atoms with Gasteiger partial charge in [-0.25, -0.2) is 4.39 Å². The van der Waals surface area contributed by atoms with Crippen molar-refractivity contribution in [1.82, 2.24) is 5.32 Å². The van der Waals surface area contributed by atoms with Crippen LogP contribution in [-0.4, -0.2) is 47.6 Å². The van der Waals surface area contributed by atoms with Crippen LogP contribution in [0, 0.1) is 5.82 Å². The van der Waals surface area contributed by atoms with Crippen molar-refractivity contribution < 1.29 is 24.1 Å². The molecule has 1 aliphatic heterocycles. The predicted octanol–water partition coefficient (Wildman–Crippen LogP) is -0.324. The van der Waals surface area contributed by atoms with Crippen molar-refractivity contribution in [3.05, 3.63) is 35.6 Å². The maximum atomic E-state index is 12.9. The van der Waals surface area contributed by atoms with Gasteiger partial charge in [0.15, 0.2) is 0 Å². The molecule has 1 fully saturated rings. The number of nitrogens with one attached hydrogen (secondary N) is 1. The first-order valence-electron chi connectivity index (χ1n) is 5.59. The van der Waals surface area contributed by atoms with Crippen LogP contribution in [0.1, 0.15) is 10.4 Å². The molecule has 0 unspecified atom stereocenters. The molecule has 1 aromatic rings. The first-order valence-corrected chi connectivity index (χ1v) is 5.59. The molecule has 0 saturated carbocycles. The SMILES string of the molecule is O=C(N[C@H]1CO[C@@H](CO)[C@@H]1O)c1cccc(F)c1. The third-order valence-electron chi connectivity index (χ3n) is 2.87. The molecule has 98 valence electrons. The lowest BCUT2D eigenvalue weighted by Gasteiger charge is -2.17. The van der Waals surface area contributed by atoms with Gasteiger partial charge in [-0.05, 0) is 18.2 Å². The Morgan fingerprint density at radius 3 is 2.94 bits per heavy atom. The van der Waals surface area contributed by atoms with Crippen LogP contribution in [0.4, 0.5) is 4.39 Å². The van der Waals surface area contributed by atoms with E-state index in [1.807, 2.05) is 0 Å². The maximum Gasteiger partial charge on any atom is 0.251 e. The van der Waals surface area contributed by atoms with Gasteiger partial charge >= 0.3 is 0 Å². The average Bonchev–Trinajstić information content (AvgIpc) is 2.70. The second-order valence-electron chi connectivity index (χ2n) is 4.14. The smallest absolute Gasteiger partial charge is 0.251 e. The predicted molar refractivity (Wildman–Crippen MR) is 60.5 cm³/mol. The van der Waals surface area contributed by atoms with E-state index in [1.54, 1.807) is 0 Å². The summed E-state index contributed by atoms with van der Waals surface area (Å²) < 4.78 is 18.0. The monoisotopic (exact) mass is 255 g/mol. The molecule has 1 aliphatic rings. The second-order valence-corrected chi connectivity index (χ2v) is 4.14. The van der Waals surface area contributed by atoms with Crippen molar-refractivity contribution in [2.75, 3.05) is 13.2 Å². The highest BCUT2D eigenvalue weighted by atomic mass is 19.1. The van der Waals surface area contributed by atoms with Gasteiger partial charge in [0.05, 0.1) is 19.3 Å². The molecule has 5 nitrogen and oxygen atoms in total. The van der Waals surface area contributed by atoms with Gasteiger partial charge in [0.25, 0.3) is 5.91 Å². The fourth-order valence-electron chi connectivity index (χ4n) is 1.85. The zero-order chi connectivity index (χ0) is 13.1. The molecule has 0 radical (unpaired) electrons. The summed E-state index contributed by atoms with van der Waals surface area (Å²) in [5.74, 6) is -0.986. The Hall–Kier alpha value is -1.50. The van der Waals surface area contributed by atoms with Gasteiger partial charge in [0, 0.05) is 5.56 Å². The Morgan fingerprint density at radius 1 is 1.56 bits per heavy atom. The van der Waals surface area contributed by atoms with Crippen LogP contribution in [0.25, 0.3) is 0 Å². The highest BCUT2D eigenvalue weighted by Crippen LogP contribution is 2.14. The van der Waals surface area contributed by atoms with Gasteiger partial charge in [0.2, 0.25) is 0 Å². The quantitative estimate of drug-likeness (QED) is 0.691. The molecule has 0 aromatic heterocycles. The summed E-state index contributed by atoms with van der Waals surface area (Å²) in [5.41, 5.74) is 0.176. The molecule has 0 aliphatic carbocycles. The topological polar surface area (TPSA) is 78.8 Å². The van der Waals surface area contributed by atoms with Crippen LogP contribution >= 0.6 is 0 Å². The number of rotatable bonds is 3. The third kappa shape index (κ3) is 2.66. The molecule has 1 heterocycles. The Balaban J connectivity index is 2.00. The highest BCUT2D eigenvalue weighted by molar-refractivity contribution is 5.94. The molecule has 6 heteroatoms. The van der Waals surface area contributed by atoms with Crippen LogP contribution in [-0.2, 0) is 4.74 Å². The second kappa shape index (κ2) is 5.43. The minimum Gasteiger partial charge on any atom is -0.394 e. The Bertz CT molecular complexity index is 440. The first kappa shape index (κ1) is 12.9. The maximum absolute atomic E-state index is 12.9. The number of amides is 1. The number of benzene rings is 1. The Labute approximate surface area is 103 Å². The van der Waals surface area contributed by atoms with Crippen molar-refractivity contribution in [1.29, 1.82) is 0 Å². The highest BCUT2D eigenvalue weighted by Gasteiger charge is 2.36. The zero-order valence-electron chi connectivity index (χ0n) is 9.54. The van der Waals surface area contributed by atoms with Crippen molar-refractivity contribution in [3.63, 3.8) is 0 Å². The number of carbonyl (C=O) groups is 1. The average molecular weight is 255 g/mol. The third-order valence-corrected chi connectivity index (χ3v) is 2.87. The number of hydrogen-bond donors (Lipinski definition) is 3. The van der Waals surface area contributed by atoms with Crippen LogP contribution in [0.15, 0.2) is 24.3 Å². The molecule has 0 bridgehead atoms. The van der Waals surface area contributed by atoms with E-state index in [0.29, 0.717) is 0 Å². The lowest BCUT2D eigenvalue weighted by atomic mass is 10.1. The van der Waals surface area contributed by atoms with Gasteiger partial charge in [-0.15, -0.1) is 0 Å². The molecule has 3 N–H and O–H groups in total. The first-order chi connectivity index (χ1) is 8.61.